The Bertz CT molecular complexity index is 1290. The second kappa shape index (κ2) is 8.12. The number of aryl methyl sites for hydroxylation is 2. The maximum atomic E-state index is 13.0. The Kier molecular flexibility index (Phi) is 5.39. The minimum absolute atomic E-state index is 0.212. The van der Waals surface area contributed by atoms with Crippen molar-refractivity contribution in [2.75, 3.05) is 0 Å². The molecule has 0 aliphatic heterocycles. The lowest BCUT2D eigenvalue weighted by atomic mass is 10.1. The lowest BCUT2D eigenvalue weighted by molar-refractivity contribution is 0.785. The monoisotopic (exact) mass is 422 g/mol. The predicted molar refractivity (Wildman–Crippen MR) is 114 cm³/mol. The van der Waals surface area contributed by atoms with Gasteiger partial charge in [0, 0.05) is 22.3 Å². The molecule has 29 heavy (non-hydrogen) atoms. The van der Waals surface area contributed by atoms with Crippen molar-refractivity contribution in [3.63, 3.8) is 0 Å². The fourth-order valence-corrected chi connectivity index (χ4v) is 3.85. The zero-order valence-electron chi connectivity index (χ0n) is 15.3. The van der Waals surface area contributed by atoms with Crippen LogP contribution in [0.4, 0.5) is 0 Å². The van der Waals surface area contributed by atoms with Gasteiger partial charge in [0.2, 0.25) is 0 Å². The first-order chi connectivity index (χ1) is 14.1. The molecule has 0 bridgehead atoms. The minimum Gasteiger partial charge on any atom is -0.287 e. The SMILES string of the molecule is N#Cc1c(-c2ccc(Cl)cc2Cl)[nH]n2c(=O)c(CCCc3ccccc3)cnc12. The van der Waals surface area contributed by atoms with Crippen molar-refractivity contribution >= 4 is 28.8 Å². The van der Waals surface area contributed by atoms with Crippen LogP contribution in [0.15, 0.2) is 59.5 Å². The first kappa shape index (κ1) is 19.3. The number of hydrogen-bond donors (Lipinski definition) is 1. The van der Waals surface area contributed by atoms with Gasteiger partial charge < -0.3 is 0 Å². The van der Waals surface area contributed by atoms with Gasteiger partial charge >= 0.3 is 0 Å². The highest BCUT2D eigenvalue weighted by Crippen LogP contribution is 2.32. The summed E-state index contributed by atoms with van der Waals surface area (Å²) in [6, 6.07) is 17.2. The van der Waals surface area contributed by atoms with Crippen molar-refractivity contribution in [1.82, 2.24) is 14.6 Å². The van der Waals surface area contributed by atoms with Gasteiger partial charge in [0.05, 0.1) is 10.7 Å². The van der Waals surface area contributed by atoms with Gasteiger partial charge in [-0.3, -0.25) is 9.89 Å². The highest BCUT2D eigenvalue weighted by atomic mass is 35.5. The summed E-state index contributed by atoms with van der Waals surface area (Å²) in [5.74, 6) is 0. The highest BCUT2D eigenvalue weighted by molar-refractivity contribution is 6.36. The number of benzene rings is 2. The van der Waals surface area contributed by atoms with E-state index in [1.807, 2.05) is 18.2 Å². The van der Waals surface area contributed by atoms with E-state index >= 15 is 0 Å². The van der Waals surface area contributed by atoms with Crippen molar-refractivity contribution in [3.05, 3.63) is 91.8 Å². The number of nitriles is 1. The molecular formula is C22H16Cl2N4O. The Morgan fingerprint density at radius 3 is 2.62 bits per heavy atom. The van der Waals surface area contributed by atoms with E-state index in [4.69, 9.17) is 23.2 Å². The second-order valence-corrected chi connectivity index (χ2v) is 7.53. The number of H-pyrrole nitrogens is 1. The van der Waals surface area contributed by atoms with Crippen LogP contribution in [0.1, 0.15) is 23.1 Å². The Labute approximate surface area is 177 Å². The standard InChI is InChI=1S/C22H16Cl2N4O/c23-16-9-10-17(19(24)11-16)20-18(12-25)21-26-13-15(22(29)28(21)27-20)8-4-7-14-5-2-1-3-6-14/h1-3,5-6,9-11,13,27H,4,7-8H2. The van der Waals surface area contributed by atoms with E-state index < -0.39 is 0 Å². The van der Waals surface area contributed by atoms with E-state index in [1.165, 1.54) is 10.1 Å². The Morgan fingerprint density at radius 2 is 1.90 bits per heavy atom. The summed E-state index contributed by atoms with van der Waals surface area (Å²) >= 11 is 12.3. The van der Waals surface area contributed by atoms with Crippen LogP contribution in [0.5, 0.6) is 0 Å². The van der Waals surface area contributed by atoms with Crippen molar-refractivity contribution < 1.29 is 0 Å². The van der Waals surface area contributed by atoms with Gasteiger partial charge in [-0.1, -0.05) is 53.5 Å². The molecule has 144 valence electrons. The van der Waals surface area contributed by atoms with Gasteiger partial charge in [-0.25, -0.2) is 4.98 Å². The van der Waals surface area contributed by atoms with E-state index in [2.05, 4.69) is 28.3 Å². The van der Waals surface area contributed by atoms with Gasteiger partial charge in [0.25, 0.3) is 5.56 Å². The van der Waals surface area contributed by atoms with E-state index in [1.54, 1.807) is 24.4 Å². The number of aromatic amines is 1. The van der Waals surface area contributed by atoms with Crippen LogP contribution >= 0.6 is 23.2 Å². The van der Waals surface area contributed by atoms with E-state index in [0.29, 0.717) is 33.3 Å². The Hall–Kier alpha value is -3.07. The largest absolute Gasteiger partial charge is 0.287 e. The summed E-state index contributed by atoms with van der Waals surface area (Å²) < 4.78 is 1.32. The number of halogens is 2. The summed E-state index contributed by atoms with van der Waals surface area (Å²) in [5.41, 5.74) is 3.19. The van der Waals surface area contributed by atoms with Crippen LogP contribution < -0.4 is 5.56 Å². The molecule has 0 radical (unpaired) electrons. The highest BCUT2D eigenvalue weighted by Gasteiger charge is 2.19. The molecule has 0 saturated carbocycles. The smallest absolute Gasteiger partial charge is 0.275 e. The van der Waals surface area contributed by atoms with Gasteiger partial charge in [0.15, 0.2) is 5.65 Å². The number of fused-ring (bicyclic) bond motifs is 1. The molecule has 0 unspecified atom stereocenters. The molecule has 0 aliphatic carbocycles. The maximum absolute atomic E-state index is 13.0. The molecule has 0 amide bonds. The molecule has 0 aliphatic rings. The van der Waals surface area contributed by atoms with Crippen LogP contribution in [-0.4, -0.2) is 14.6 Å². The lowest BCUT2D eigenvalue weighted by Gasteiger charge is -2.03. The number of rotatable bonds is 5. The third-order valence-corrected chi connectivity index (χ3v) is 5.34. The molecule has 2 aromatic heterocycles. The normalized spacial score (nSPS) is 10.9. The van der Waals surface area contributed by atoms with Crippen LogP contribution in [-0.2, 0) is 12.8 Å². The van der Waals surface area contributed by atoms with Crippen molar-refractivity contribution in [3.8, 4) is 17.3 Å². The molecule has 0 atom stereocenters. The van der Waals surface area contributed by atoms with Crippen LogP contribution in [0.2, 0.25) is 10.0 Å². The van der Waals surface area contributed by atoms with Crippen LogP contribution in [0.25, 0.3) is 16.9 Å². The fraction of sp³-hybridized carbons (Fsp3) is 0.136. The van der Waals surface area contributed by atoms with Gasteiger partial charge in [-0.2, -0.15) is 9.78 Å². The van der Waals surface area contributed by atoms with E-state index in [-0.39, 0.29) is 16.8 Å². The molecule has 4 aromatic rings. The molecule has 0 saturated heterocycles. The number of hydrogen-bond acceptors (Lipinski definition) is 3. The van der Waals surface area contributed by atoms with E-state index in [0.717, 1.165) is 12.8 Å². The Balaban J connectivity index is 1.69. The first-order valence-electron chi connectivity index (χ1n) is 9.10. The molecular weight excluding hydrogens is 407 g/mol. The average Bonchev–Trinajstić information content (AvgIpc) is 3.09. The summed E-state index contributed by atoms with van der Waals surface area (Å²) in [6.07, 6.45) is 3.86. The molecule has 0 fully saturated rings. The molecule has 2 heterocycles. The molecule has 2 aromatic carbocycles. The average molecular weight is 423 g/mol. The minimum atomic E-state index is -0.212. The maximum Gasteiger partial charge on any atom is 0.275 e. The fourth-order valence-electron chi connectivity index (χ4n) is 3.34. The number of aromatic nitrogens is 3. The molecule has 5 nitrogen and oxygen atoms in total. The van der Waals surface area contributed by atoms with Crippen molar-refractivity contribution in [2.45, 2.75) is 19.3 Å². The van der Waals surface area contributed by atoms with Gasteiger partial charge in [0.1, 0.15) is 11.6 Å². The Morgan fingerprint density at radius 1 is 1.10 bits per heavy atom. The summed E-state index contributed by atoms with van der Waals surface area (Å²) in [4.78, 5) is 17.3. The van der Waals surface area contributed by atoms with E-state index in [9.17, 15) is 10.1 Å². The zero-order chi connectivity index (χ0) is 20.4. The molecule has 0 spiro atoms. The topological polar surface area (TPSA) is 73.9 Å². The quantitative estimate of drug-likeness (QED) is 0.489. The van der Waals surface area contributed by atoms with Crippen molar-refractivity contribution in [2.24, 2.45) is 0 Å². The molecule has 1 N–H and O–H groups in total. The lowest BCUT2D eigenvalue weighted by Crippen LogP contribution is -2.19. The summed E-state index contributed by atoms with van der Waals surface area (Å²) in [6.45, 7) is 0. The summed E-state index contributed by atoms with van der Waals surface area (Å²) in [5, 5.41) is 13.5. The van der Waals surface area contributed by atoms with Crippen LogP contribution in [0.3, 0.4) is 0 Å². The first-order valence-corrected chi connectivity index (χ1v) is 9.86. The molecule has 4 rings (SSSR count). The van der Waals surface area contributed by atoms with Crippen molar-refractivity contribution in [1.29, 1.82) is 5.26 Å². The number of nitrogens with zero attached hydrogens (tertiary/aromatic N) is 3. The van der Waals surface area contributed by atoms with Gasteiger partial charge in [-0.15, -0.1) is 0 Å². The van der Waals surface area contributed by atoms with Gasteiger partial charge in [-0.05, 0) is 43.0 Å². The third kappa shape index (κ3) is 3.77. The number of nitrogens with one attached hydrogen (secondary N) is 1. The molecule has 7 heteroatoms. The third-order valence-electron chi connectivity index (χ3n) is 4.80. The van der Waals surface area contributed by atoms with Crippen LogP contribution in [0, 0.1) is 11.3 Å². The zero-order valence-corrected chi connectivity index (χ0v) is 16.8. The predicted octanol–water partition coefficient (Wildman–Crippen LogP) is 5.04. The second-order valence-electron chi connectivity index (χ2n) is 6.68. The summed E-state index contributed by atoms with van der Waals surface area (Å²) in [7, 11) is 0.